The van der Waals surface area contributed by atoms with Crippen molar-refractivity contribution in [2.45, 2.75) is 33.8 Å². The number of rotatable bonds is 2. The van der Waals surface area contributed by atoms with Gasteiger partial charge in [-0.3, -0.25) is 0 Å². The summed E-state index contributed by atoms with van der Waals surface area (Å²) >= 11 is 0. The summed E-state index contributed by atoms with van der Waals surface area (Å²) in [7, 11) is 0. The van der Waals surface area contributed by atoms with Gasteiger partial charge in [-0.05, 0) is 56.0 Å². The van der Waals surface area contributed by atoms with Crippen molar-refractivity contribution in [1.82, 2.24) is 0 Å². The molecule has 1 N–H and O–H groups in total. The van der Waals surface area contributed by atoms with Crippen LogP contribution in [0.25, 0.3) is 0 Å². The standard InChI is InChI=1S/C15H18O2/c1-9-5-11(3)14(6-10(9)2)15(16)13-7-12(4)17-8-13/h5-8,15-16H,1-4H3. The summed E-state index contributed by atoms with van der Waals surface area (Å²) in [6.45, 7) is 8.05. The van der Waals surface area contributed by atoms with E-state index in [2.05, 4.69) is 26.0 Å². The normalized spacial score (nSPS) is 12.8. The fraction of sp³-hybridized carbons (Fsp3) is 0.333. The Morgan fingerprint density at radius 3 is 2.18 bits per heavy atom. The number of hydrogen-bond acceptors (Lipinski definition) is 2. The predicted octanol–water partition coefficient (Wildman–Crippen LogP) is 3.59. The number of furan rings is 1. The maximum Gasteiger partial charge on any atom is 0.107 e. The van der Waals surface area contributed by atoms with Crippen molar-refractivity contribution < 1.29 is 9.52 Å². The molecule has 0 saturated carbocycles. The lowest BCUT2D eigenvalue weighted by Crippen LogP contribution is -2.02. The van der Waals surface area contributed by atoms with Crippen LogP contribution >= 0.6 is 0 Å². The van der Waals surface area contributed by atoms with E-state index in [0.717, 1.165) is 22.5 Å². The van der Waals surface area contributed by atoms with Gasteiger partial charge < -0.3 is 9.52 Å². The Morgan fingerprint density at radius 2 is 1.59 bits per heavy atom. The van der Waals surface area contributed by atoms with Gasteiger partial charge in [0.05, 0.1) is 6.26 Å². The van der Waals surface area contributed by atoms with Gasteiger partial charge in [0.1, 0.15) is 11.9 Å². The van der Waals surface area contributed by atoms with E-state index >= 15 is 0 Å². The summed E-state index contributed by atoms with van der Waals surface area (Å²) in [6, 6.07) is 6.04. The highest BCUT2D eigenvalue weighted by atomic mass is 16.3. The smallest absolute Gasteiger partial charge is 0.107 e. The molecule has 1 unspecified atom stereocenters. The number of aliphatic hydroxyl groups is 1. The molecule has 0 spiro atoms. The molecule has 1 heterocycles. The van der Waals surface area contributed by atoms with Crippen molar-refractivity contribution in [2.75, 3.05) is 0 Å². The number of aliphatic hydroxyl groups excluding tert-OH is 1. The maximum atomic E-state index is 10.3. The molecule has 0 amide bonds. The van der Waals surface area contributed by atoms with Gasteiger partial charge in [0.2, 0.25) is 0 Å². The average Bonchev–Trinajstić information content (AvgIpc) is 2.69. The van der Waals surface area contributed by atoms with Crippen molar-refractivity contribution in [1.29, 1.82) is 0 Å². The minimum atomic E-state index is -0.605. The number of benzene rings is 1. The molecule has 2 rings (SSSR count). The Bertz CT molecular complexity index is 538. The first kappa shape index (κ1) is 11.9. The molecule has 90 valence electrons. The molecular formula is C15H18O2. The van der Waals surface area contributed by atoms with Crippen molar-refractivity contribution in [3.8, 4) is 0 Å². The summed E-state index contributed by atoms with van der Waals surface area (Å²) in [5, 5.41) is 10.3. The van der Waals surface area contributed by atoms with Crippen LogP contribution in [0.15, 0.2) is 28.9 Å². The van der Waals surface area contributed by atoms with Crippen LogP contribution in [0.4, 0.5) is 0 Å². The largest absolute Gasteiger partial charge is 0.469 e. The summed E-state index contributed by atoms with van der Waals surface area (Å²) < 4.78 is 5.24. The van der Waals surface area contributed by atoms with Gasteiger partial charge in [0.25, 0.3) is 0 Å². The molecule has 0 radical (unpaired) electrons. The minimum absolute atomic E-state index is 0.605. The first-order valence-corrected chi connectivity index (χ1v) is 5.80. The molecule has 0 aliphatic heterocycles. The summed E-state index contributed by atoms with van der Waals surface area (Å²) in [5.74, 6) is 0.820. The van der Waals surface area contributed by atoms with Crippen molar-refractivity contribution >= 4 is 0 Å². The number of aryl methyl sites for hydroxylation is 4. The van der Waals surface area contributed by atoms with Crippen molar-refractivity contribution in [2.24, 2.45) is 0 Å². The van der Waals surface area contributed by atoms with E-state index in [9.17, 15) is 5.11 Å². The zero-order chi connectivity index (χ0) is 12.6. The second-order valence-corrected chi connectivity index (χ2v) is 4.69. The fourth-order valence-electron chi connectivity index (χ4n) is 2.06. The number of hydrogen-bond donors (Lipinski definition) is 1. The van der Waals surface area contributed by atoms with Crippen LogP contribution in [0.5, 0.6) is 0 Å². The average molecular weight is 230 g/mol. The zero-order valence-corrected chi connectivity index (χ0v) is 10.7. The lowest BCUT2D eigenvalue weighted by Gasteiger charge is -2.14. The SMILES string of the molecule is Cc1cc(C(O)c2cc(C)c(C)cc2C)co1. The van der Waals surface area contributed by atoms with Crippen LogP contribution in [0, 0.1) is 27.7 Å². The molecule has 2 nitrogen and oxygen atoms in total. The summed E-state index contributed by atoms with van der Waals surface area (Å²) in [4.78, 5) is 0. The van der Waals surface area contributed by atoms with Crippen LogP contribution < -0.4 is 0 Å². The van der Waals surface area contributed by atoms with Gasteiger partial charge in [0.15, 0.2) is 0 Å². The Labute approximate surface area is 102 Å². The topological polar surface area (TPSA) is 33.4 Å². The van der Waals surface area contributed by atoms with E-state index in [1.807, 2.05) is 19.9 Å². The lowest BCUT2D eigenvalue weighted by molar-refractivity contribution is 0.218. The van der Waals surface area contributed by atoms with E-state index in [4.69, 9.17) is 4.42 Å². The Hall–Kier alpha value is -1.54. The molecule has 0 aliphatic carbocycles. The van der Waals surface area contributed by atoms with E-state index < -0.39 is 6.10 Å². The van der Waals surface area contributed by atoms with Crippen LogP contribution in [-0.4, -0.2) is 5.11 Å². The van der Waals surface area contributed by atoms with E-state index in [0.29, 0.717) is 0 Å². The van der Waals surface area contributed by atoms with Gasteiger partial charge in [-0.25, -0.2) is 0 Å². The molecule has 0 saturated heterocycles. The quantitative estimate of drug-likeness (QED) is 0.855. The second-order valence-electron chi connectivity index (χ2n) is 4.69. The Kier molecular flexibility index (Phi) is 3.07. The first-order chi connectivity index (χ1) is 7.99. The summed E-state index contributed by atoms with van der Waals surface area (Å²) in [6.07, 6.45) is 1.01. The zero-order valence-electron chi connectivity index (χ0n) is 10.7. The van der Waals surface area contributed by atoms with Gasteiger partial charge in [-0.2, -0.15) is 0 Å². The highest BCUT2D eigenvalue weighted by Crippen LogP contribution is 2.28. The third-order valence-electron chi connectivity index (χ3n) is 3.24. The highest BCUT2D eigenvalue weighted by molar-refractivity contribution is 5.41. The molecule has 17 heavy (non-hydrogen) atoms. The van der Waals surface area contributed by atoms with Gasteiger partial charge in [-0.1, -0.05) is 12.1 Å². The second kappa shape index (κ2) is 4.38. The molecule has 1 aromatic carbocycles. The van der Waals surface area contributed by atoms with Gasteiger partial charge in [0, 0.05) is 5.56 Å². The first-order valence-electron chi connectivity index (χ1n) is 5.80. The maximum absolute atomic E-state index is 10.3. The lowest BCUT2D eigenvalue weighted by atomic mass is 9.94. The third kappa shape index (κ3) is 2.27. The van der Waals surface area contributed by atoms with Crippen LogP contribution in [0.1, 0.15) is 39.7 Å². The van der Waals surface area contributed by atoms with Crippen LogP contribution in [0.3, 0.4) is 0 Å². The van der Waals surface area contributed by atoms with Gasteiger partial charge >= 0.3 is 0 Å². The highest BCUT2D eigenvalue weighted by Gasteiger charge is 2.15. The molecule has 0 aliphatic rings. The minimum Gasteiger partial charge on any atom is -0.469 e. The molecule has 1 aromatic heterocycles. The van der Waals surface area contributed by atoms with E-state index in [1.165, 1.54) is 11.1 Å². The monoisotopic (exact) mass is 230 g/mol. The Morgan fingerprint density at radius 1 is 0.941 bits per heavy atom. The predicted molar refractivity (Wildman–Crippen MR) is 68.2 cm³/mol. The summed E-state index contributed by atoms with van der Waals surface area (Å²) in [5.41, 5.74) is 5.33. The fourth-order valence-corrected chi connectivity index (χ4v) is 2.06. The van der Waals surface area contributed by atoms with Crippen molar-refractivity contribution in [3.63, 3.8) is 0 Å². The third-order valence-corrected chi connectivity index (χ3v) is 3.24. The molecule has 1 atom stereocenters. The van der Waals surface area contributed by atoms with E-state index in [-0.39, 0.29) is 0 Å². The molecule has 0 fully saturated rings. The molecule has 2 heteroatoms. The van der Waals surface area contributed by atoms with Gasteiger partial charge in [-0.15, -0.1) is 0 Å². The van der Waals surface area contributed by atoms with Crippen molar-refractivity contribution in [3.05, 3.63) is 58.0 Å². The molecule has 2 aromatic rings. The van der Waals surface area contributed by atoms with Crippen LogP contribution in [-0.2, 0) is 0 Å². The molecular weight excluding hydrogens is 212 g/mol. The molecule has 0 bridgehead atoms. The van der Waals surface area contributed by atoms with E-state index in [1.54, 1.807) is 6.26 Å². The van der Waals surface area contributed by atoms with Crippen LogP contribution in [0.2, 0.25) is 0 Å². The Balaban J connectivity index is 2.43.